The molecule has 0 saturated heterocycles. The Hall–Kier alpha value is -2.27. The number of aromatic nitrogens is 4. The molecular weight excluding hydrogens is 461 g/mol. The average molecular weight is 475 g/mol. The number of hydrogen-bond acceptors (Lipinski definition) is 10. The van der Waals surface area contributed by atoms with Gasteiger partial charge in [-0.3, -0.25) is 0 Å². The SMILES string of the molecule is CS(=O)(=O)N(OC(=O)C(F)(F)F)[C@H]1C[C@@H](n2cnc3c(N)nc(Cl)nc32)[C@H](O)[C@@H]1O. The van der Waals surface area contributed by atoms with Gasteiger partial charge in [0.25, 0.3) is 0 Å². The lowest BCUT2D eigenvalue weighted by Crippen LogP contribution is -2.48. The van der Waals surface area contributed by atoms with E-state index in [0.29, 0.717) is 6.26 Å². The van der Waals surface area contributed by atoms with Gasteiger partial charge in [0.2, 0.25) is 15.3 Å². The first-order chi connectivity index (χ1) is 13.7. The number of imidazole rings is 1. The summed E-state index contributed by atoms with van der Waals surface area (Å²) in [4.78, 5) is 26.7. The second-order valence-electron chi connectivity index (χ2n) is 6.45. The van der Waals surface area contributed by atoms with Crippen molar-refractivity contribution in [1.82, 2.24) is 24.0 Å². The number of alkyl halides is 3. The van der Waals surface area contributed by atoms with Crippen molar-refractivity contribution >= 4 is 44.6 Å². The number of aliphatic hydroxyl groups is 2. The number of nitrogens with two attached hydrogens (primary N) is 1. The first-order valence-corrected chi connectivity index (χ1v) is 10.2. The molecule has 4 atom stereocenters. The fourth-order valence-corrected chi connectivity index (χ4v) is 4.22. The molecule has 12 nitrogen and oxygen atoms in total. The van der Waals surface area contributed by atoms with Crippen molar-refractivity contribution < 1.29 is 41.4 Å². The summed E-state index contributed by atoms with van der Waals surface area (Å²) in [7, 11) is -4.58. The van der Waals surface area contributed by atoms with E-state index < -0.39 is 52.9 Å². The summed E-state index contributed by atoms with van der Waals surface area (Å²) in [5.41, 5.74) is 5.81. The van der Waals surface area contributed by atoms with E-state index in [1.165, 1.54) is 4.57 Å². The van der Waals surface area contributed by atoms with Crippen molar-refractivity contribution in [3.8, 4) is 0 Å². The lowest BCUT2D eigenvalue weighted by molar-refractivity contribution is -0.230. The number of halogens is 4. The number of rotatable bonds is 4. The van der Waals surface area contributed by atoms with Gasteiger partial charge in [0, 0.05) is 0 Å². The molecule has 0 unspecified atom stereocenters. The fourth-order valence-electron chi connectivity index (χ4n) is 3.14. The fraction of sp³-hybridized carbons (Fsp3) is 0.538. The maximum absolute atomic E-state index is 12.5. The van der Waals surface area contributed by atoms with E-state index >= 15 is 0 Å². The van der Waals surface area contributed by atoms with Crippen molar-refractivity contribution in [2.24, 2.45) is 0 Å². The predicted octanol–water partition coefficient (Wildman–Crippen LogP) is -0.621. The Morgan fingerprint density at radius 1 is 1.37 bits per heavy atom. The second kappa shape index (κ2) is 7.45. The van der Waals surface area contributed by atoms with Gasteiger partial charge in [0.15, 0.2) is 11.5 Å². The van der Waals surface area contributed by atoms with Crippen LogP contribution in [-0.2, 0) is 19.7 Å². The molecule has 2 aromatic heterocycles. The third-order valence-electron chi connectivity index (χ3n) is 4.40. The highest BCUT2D eigenvalue weighted by Gasteiger charge is 2.52. The molecule has 4 N–H and O–H groups in total. The minimum absolute atomic E-state index is 0.0302. The highest BCUT2D eigenvalue weighted by molar-refractivity contribution is 7.88. The van der Waals surface area contributed by atoms with Crippen LogP contribution in [0.1, 0.15) is 12.5 Å². The Balaban J connectivity index is 1.98. The quantitative estimate of drug-likeness (QED) is 0.382. The Morgan fingerprint density at radius 3 is 2.57 bits per heavy atom. The number of anilines is 1. The van der Waals surface area contributed by atoms with Crippen LogP contribution in [0.2, 0.25) is 5.28 Å². The zero-order valence-corrected chi connectivity index (χ0v) is 16.4. The number of sulfonamides is 1. The van der Waals surface area contributed by atoms with E-state index in [-0.39, 0.29) is 26.7 Å². The summed E-state index contributed by atoms with van der Waals surface area (Å²) in [6.07, 6.45) is -7.94. The molecule has 17 heteroatoms. The molecule has 30 heavy (non-hydrogen) atoms. The first kappa shape index (κ1) is 22.4. The Labute approximate surface area is 171 Å². The maximum Gasteiger partial charge on any atom is 0.492 e. The Morgan fingerprint density at radius 2 is 2.00 bits per heavy atom. The van der Waals surface area contributed by atoms with Crippen molar-refractivity contribution in [2.45, 2.75) is 36.9 Å². The highest BCUT2D eigenvalue weighted by atomic mass is 35.5. The number of carbonyl (C=O) groups is 1. The number of aliphatic hydroxyl groups excluding tert-OH is 2. The monoisotopic (exact) mass is 474 g/mol. The molecule has 166 valence electrons. The van der Waals surface area contributed by atoms with Crippen molar-refractivity contribution in [3.63, 3.8) is 0 Å². The summed E-state index contributed by atoms with van der Waals surface area (Å²) in [5.74, 6) is -2.90. The van der Waals surface area contributed by atoms with Gasteiger partial charge in [-0.15, -0.1) is 0 Å². The van der Waals surface area contributed by atoms with E-state index in [9.17, 15) is 36.6 Å². The van der Waals surface area contributed by atoms with Crippen LogP contribution in [0.4, 0.5) is 19.0 Å². The van der Waals surface area contributed by atoms with Gasteiger partial charge in [0.05, 0.1) is 24.7 Å². The molecule has 1 saturated carbocycles. The molecule has 1 fully saturated rings. The lowest BCUT2D eigenvalue weighted by Gasteiger charge is -2.27. The Bertz CT molecular complexity index is 1090. The van der Waals surface area contributed by atoms with Crippen LogP contribution >= 0.6 is 11.6 Å². The van der Waals surface area contributed by atoms with Crippen molar-refractivity contribution in [3.05, 3.63) is 11.6 Å². The maximum atomic E-state index is 12.5. The molecule has 0 aromatic carbocycles. The standard InChI is InChI=1S/C13H14ClF3N6O6S/c1-30(27,28)23(29-11(26)13(15,16)17)5-2-4(7(24)8(5)25)22-3-19-6-9(18)20-12(14)21-10(6)22/h3-5,7-8,24-25H,2H2,1H3,(H2,18,20,21)/t4-,5+,7+,8-/m1/s1. The van der Waals surface area contributed by atoms with Crippen LogP contribution in [0.15, 0.2) is 6.33 Å². The lowest BCUT2D eigenvalue weighted by atomic mass is 10.2. The van der Waals surface area contributed by atoms with Gasteiger partial charge in [-0.25, -0.2) is 18.2 Å². The number of hydrogen-bond donors (Lipinski definition) is 3. The first-order valence-electron chi connectivity index (χ1n) is 8.02. The van der Waals surface area contributed by atoms with Crippen molar-refractivity contribution in [1.29, 1.82) is 0 Å². The highest BCUT2D eigenvalue weighted by Crippen LogP contribution is 2.37. The van der Waals surface area contributed by atoms with Crippen LogP contribution in [0, 0.1) is 0 Å². The zero-order valence-electron chi connectivity index (χ0n) is 14.9. The largest absolute Gasteiger partial charge is 0.492 e. The van der Waals surface area contributed by atoms with Crippen LogP contribution in [-0.4, -0.2) is 79.3 Å². The van der Waals surface area contributed by atoms with Gasteiger partial charge < -0.3 is 25.4 Å². The molecule has 1 aliphatic rings. The molecule has 0 radical (unpaired) electrons. The van der Waals surface area contributed by atoms with E-state index in [1.54, 1.807) is 0 Å². The number of nitrogens with zero attached hydrogens (tertiary/aromatic N) is 5. The van der Waals surface area contributed by atoms with Crippen molar-refractivity contribution in [2.75, 3.05) is 12.0 Å². The molecule has 3 rings (SSSR count). The minimum Gasteiger partial charge on any atom is -0.389 e. The van der Waals surface area contributed by atoms with E-state index in [4.69, 9.17) is 17.3 Å². The number of fused-ring (bicyclic) bond motifs is 1. The van der Waals surface area contributed by atoms with E-state index in [0.717, 1.165) is 6.33 Å². The van der Waals surface area contributed by atoms with Gasteiger partial charge in [-0.1, -0.05) is 0 Å². The van der Waals surface area contributed by atoms with Crippen LogP contribution in [0.25, 0.3) is 11.2 Å². The normalized spacial score (nSPS) is 25.2. The smallest absolute Gasteiger partial charge is 0.389 e. The topological polar surface area (TPSA) is 174 Å². The summed E-state index contributed by atoms with van der Waals surface area (Å²) in [6.45, 7) is 0. The minimum atomic E-state index is -5.49. The average Bonchev–Trinajstić information content (AvgIpc) is 3.13. The van der Waals surface area contributed by atoms with Crippen LogP contribution in [0.3, 0.4) is 0 Å². The summed E-state index contributed by atoms with van der Waals surface area (Å²) < 4.78 is 62.5. The summed E-state index contributed by atoms with van der Waals surface area (Å²) >= 11 is 5.76. The number of nitrogen functional groups attached to an aromatic ring is 1. The van der Waals surface area contributed by atoms with Gasteiger partial charge in [-0.2, -0.15) is 23.1 Å². The van der Waals surface area contributed by atoms with Gasteiger partial charge in [0.1, 0.15) is 17.7 Å². The molecule has 2 heterocycles. The molecule has 0 amide bonds. The third kappa shape index (κ3) is 4.00. The zero-order chi connectivity index (χ0) is 22.6. The molecule has 0 spiro atoms. The number of hydroxylamine groups is 1. The summed E-state index contributed by atoms with van der Waals surface area (Å²) in [5, 5.41) is 20.5. The van der Waals surface area contributed by atoms with Crippen LogP contribution < -0.4 is 5.73 Å². The molecule has 0 aliphatic heterocycles. The third-order valence-corrected chi connectivity index (χ3v) is 5.57. The Kier molecular flexibility index (Phi) is 5.57. The van der Waals surface area contributed by atoms with Crippen LogP contribution in [0.5, 0.6) is 0 Å². The second-order valence-corrected chi connectivity index (χ2v) is 8.61. The molecule has 2 aromatic rings. The van der Waals surface area contributed by atoms with Gasteiger partial charge >= 0.3 is 12.1 Å². The predicted molar refractivity (Wildman–Crippen MR) is 93.0 cm³/mol. The van der Waals surface area contributed by atoms with E-state index in [1.807, 2.05) is 0 Å². The van der Waals surface area contributed by atoms with E-state index in [2.05, 4.69) is 19.8 Å². The summed E-state index contributed by atoms with van der Waals surface area (Å²) in [6, 6.07) is -2.87. The molecule has 0 bridgehead atoms. The molecular formula is C13H14ClF3N6O6S. The van der Waals surface area contributed by atoms with Gasteiger partial charge in [-0.05, 0) is 22.5 Å². The molecule has 1 aliphatic carbocycles. The number of carbonyl (C=O) groups excluding carboxylic acids is 1.